The Labute approximate surface area is 344 Å². The van der Waals surface area contributed by atoms with Crippen LogP contribution in [0.4, 0.5) is 5.69 Å². The van der Waals surface area contributed by atoms with Gasteiger partial charge in [-0.15, -0.1) is 0 Å². The summed E-state index contributed by atoms with van der Waals surface area (Å²) in [5.41, 5.74) is 2.58. The Morgan fingerprint density at radius 1 is 1.04 bits per heavy atom. The second-order valence-corrected chi connectivity index (χ2v) is 22.2. The Balaban J connectivity index is 1.17. The number of halogens is 1. The molecule has 0 unspecified atom stereocenters. The highest BCUT2D eigenvalue weighted by Gasteiger charge is 2.50. The molecule has 312 valence electrons. The van der Waals surface area contributed by atoms with E-state index < -0.39 is 36.8 Å². The Bertz CT molecular complexity index is 2120. The molecule has 15 heteroatoms. The van der Waals surface area contributed by atoms with Gasteiger partial charge < -0.3 is 14.4 Å². The zero-order valence-electron chi connectivity index (χ0n) is 33.7. The lowest BCUT2D eigenvalue weighted by Crippen LogP contribution is -2.65. The van der Waals surface area contributed by atoms with Crippen molar-refractivity contribution in [2.75, 3.05) is 83.8 Å². The number of rotatable bonds is 4. The third kappa shape index (κ3) is 8.01. The van der Waals surface area contributed by atoms with Gasteiger partial charge in [0.1, 0.15) is 11.4 Å². The van der Waals surface area contributed by atoms with E-state index in [1.807, 2.05) is 25.1 Å². The quantitative estimate of drug-likeness (QED) is 0.439. The number of nitrogens with zero attached hydrogens (tertiary/aromatic N) is 4. The second-order valence-electron chi connectivity index (χ2n) is 17.7. The molecule has 6 aliphatic rings. The molecule has 57 heavy (non-hydrogen) atoms. The summed E-state index contributed by atoms with van der Waals surface area (Å²) in [6, 6.07) is 11.6. The topological polar surface area (TPSA) is 129 Å². The van der Waals surface area contributed by atoms with E-state index in [2.05, 4.69) is 43.7 Å². The molecule has 0 aromatic heterocycles. The van der Waals surface area contributed by atoms with Crippen molar-refractivity contribution >= 4 is 43.2 Å². The molecule has 12 nitrogen and oxygen atoms in total. The molecule has 4 heterocycles. The van der Waals surface area contributed by atoms with E-state index in [0.29, 0.717) is 51.5 Å². The Morgan fingerprint density at radius 3 is 2.60 bits per heavy atom. The smallest absolute Gasteiger partial charge is 0.264 e. The zero-order valence-corrected chi connectivity index (χ0v) is 36.0. The number of ether oxygens (including phenoxy) is 2. The fourth-order valence-electron chi connectivity index (χ4n) is 10.6. The lowest BCUT2D eigenvalue weighted by atomic mass is 9.63. The minimum Gasteiger partial charge on any atom is -0.490 e. The summed E-state index contributed by atoms with van der Waals surface area (Å²) < 4.78 is 69.8. The average molecular weight is 845 g/mol. The summed E-state index contributed by atoms with van der Waals surface area (Å²) >= 11 is 6.51. The molecule has 2 aliphatic carbocycles. The van der Waals surface area contributed by atoms with Crippen molar-refractivity contribution in [1.29, 1.82) is 0 Å². The number of methoxy groups -OCH3 is 1. The van der Waals surface area contributed by atoms with Gasteiger partial charge in [-0.1, -0.05) is 36.7 Å². The van der Waals surface area contributed by atoms with Gasteiger partial charge in [-0.05, 0) is 105 Å². The van der Waals surface area contributed by atoms with E-state index in [1.165, 1.54) is 17.4 Å². The van der Waals surface area contributed by atoms with Crippen LogP contribution in [0.5, 0.6) is 5.75 Å². The summed E-state index contributed by atoms with van der Waals surface area (Å²) in [6.45, 7) is 10.2. The lowest BCUT2D eigenvalue weighted by Gasteiger charge is -2.53. The number of allylic oxidation sites excluding steroid dienone is 1. The van der Waals surface area contributed by atoms with Gasteiger partial charge in [0, 0.05) is 88.1 Å². The number of aryl methyl sites for hydroxylation is 1. The summed E-state index contributed by atoms with van der Waals surface area (Å²) in [5, 5.41) is -0.105. The molecular formula is C42H58ClN5O7S2. The molecule has 1 amide bonds. The van der Waals surface area contributed by atoms with Gasteiger partial charge in [0.05, 0.1) is 23.8 Å². The number of carbonyl (C=O) groups is 1. The first-order chi connectivity index (χ1) is 27.1. The molecule has 2 saturated heterocycles. The third-order valence-corrected chi connectivity index (χ3v) is 17.7. The molecule has 3 fully saturated rings. The minimum absolute atomic E-state index is 0.0945. The van der Waals surface area contributed by atoms with Crippen molar-refractivity contribution in [2.45, 2.75) is 74.7 Å². The number of anilines is 1. The Morgan fingerprint density at radius 2 is 1.84 bits per heavy atom. The molecule has 0 radical (unpaired) electrons. The molecule has 1 spiro atoms. The Hall–Kier alpha value is -2.72. The van der Waals surface area contributed by atoms with Crippen LogP contribution in [-0.2, 0) is 36.6 Å². The largest absolute Gasteiger partial charge is 0.490 e. The molecule has 1 N–H and O–H groups in total. The van der Waals surface area contributed by atoms with Crippen LogP contribution in [-0.4, -0.2) is 133 Å². The highest BCUT2D eigenvalue weighted by molar-refractivity contribution is 7.90. The second kappa shape index (κ2) is 15.7. The SMILES string of the molecule is CO[C@@]1(CN2CCN3CCN(S(C)(=O)=O)C[C@H]3C2)/C=C/C[C@H](C)[C@@H](C)S(=O)(=O)NC(=O)c2ccc3c(c2)N(C[C@@H]2CC[C@H]21)C[C@@]1(CCCc2cc(Cl)ccc21)CO3. The van der Waals surface area contributed by atoms with Gasteiger partial charge in [0.25, 0.3) is 5.91 Å². The van der Waals surface area contributed by atoms with E-state index in [-0.39, 0.29) is 34.8 Å². The first kappa shape index (κ1) is 41.0. The summed E-state index contributed by atoms with van der Waals surface area (Å²) in [7, 11) is -5.50. The molecule has 2 aromatic carbocycles. The predicted octanol–water partition coefficient (Wildman–Crippen LogP) is 4.53. The number of hydrogen-bond donors (Lipinski definition) is 1. The van der Waals surface area contributed by atoms with Crippen LogP contribution < -0.4 is 14.4 Å². The van der Waals surface area contributed by atoms with Crippen LogP contribution in [0, 0.1) is 17.8 Å². The third-order valence-electron chi connectivity index (χ3n) is 14.3. The number of piperazine rings is 2. The minimum atomic E-state index is -4.01. The first-order valence-electron chi connectivity index (χ1n) is 20.6. The number of amides is 1. The normalized spacial score (nSPS) is 34.4. The molecule has 2 aromatic rings. The van der Waals surface area contributed by atoms with Gasteiger partial charge in [0.15, 0.2) is 0 Å². The summed E-state index contributed by atoms with van der Waals surface area (Å²) in [6.07, 6.45) is 11.0. The summed E-state index contributed by atoms with van der Waals surface area (Å²) in [4.78, 5) is 21.0. The maximum atomic E-state index is 13.7. The van der Waals surface area contributed by atoms with Gasteiger partial charge in [-0.3, -0.25) is 14.6 Å². The van der Waals surface area contributed by atoms with E-state index >= 15 is 0 Å². The fraction of sp³-hybridized carbons (Fsp3) is 0.643. The van der Waals surface area contributed by atoms with Gasteiger partial charge in [0.2, 0.25) is 20.0 Å². The molecule has 2 bridgehead atoms. The van der Waals surface area contributed by atoms with Crippen LogP contribution in [0.25, 0.3) is 0 Å². The number of fused-ring (bicyclic) bond motifs is 5. The maximum absolute atomic E-state index is 13.7. The van der Waals surface area contributed by atoms with Crippen LogP contribution >= 0.6 is 11.6 Å². The lowest BCUT2D eigenvalue weighted by molar-refractivity contribution is -0.101. The molecular weight excluding hydrogens is 786 g/mol. The maximum Gasteiger partial charge on any atom is 0.264 e. The van der Waals surface area contributed by atoms with Crippen molar-refractivity contribution in [3.05, 3.63) is 70.3 Å². The van der Waals surface area contributed by atoms with E-state index in [4.69, 9.17) is 21.1 Å². The number of nitrogens with one attached hydrogen (secondary N) is 1. The van der Waals surface area contributed by atoms with Crippen LogP contribution in [0.3, 0.4) is 0 Å². The van der Waals surface area contributed by atoms with Gasteiger partial charge in [-0.2, -0.15) is 4.31 Å². The van der Waals surface area contributed by atoms with Gasteiger partial charge >= 0.3 is 0 Å². The van der Waals surface area contributed by atoms with Crippen molar-refractivity contribution in [2.24, 2.45) is 17.8 Å². The van der Waals surface area contributed by atoms with Crippen LogP contribution in [0.15, 0.2) is 48.6 Å². The fourth-order valence-corrected chi connectivity index (χ4v) is 12.9. The standard InChI is InChI=1S/C42H58ClN5O7S2/c1-29-7-5-16-42(54-3,27-45-17-18-46-19-20-48(56(4,50)51)25-35(46)24-45)37-12-9-33(37)23-47-26-41(15-6-8-31-21-34(43)11-13-36(31)41)28-55-39-14-10-32(22-38(39)47)40(49)44-57(52,53)30(29)2/h5,10-11,13-14,16,21-22,29-30,33,35,37H,6-9,12,15,17-20,23-28H2,1-4H3,(H,44,49)/b16-5+/t29-,30+,33-,35+,37+,41-,42+/m0/s1. The average Bonchev–Trinajstić information content (AvgIpc) is 3.31. The van der Waals surface area contributed by atoms with E-state index in [0.717, 1.165) is 69.0 Å². The van der Waals surface area contributed by atoms with Gasteiger partial charge in [-0.25, -0.2) is 21.6 Å². The van der Waals surface area contributed by atoms with Crippen LogP contribution in [0.1, 0.15) is 67.4 Å². The summed E-state index contributed by atoms with van der Waals surface area (Å²) in [5.74, 6) is 0.169. The number of benzene rings is 2. The molecule has 1 saturated carbocycles. The van der Waals surface area contributed by atoms with Crippen molar-refractivity contribution in [1.82, 2.24) is 18.8 Å². The highest BCUT2D eigenvalue weighted by atomic mass is 35.5. The molecule has 7 atom stereocenters. The van der Waals surface area contributed by atoms with Crippen LogP contribution in [0.2, 0.25) is 5.02 Å². The van der Waals surface area contributed by atoms with Crippen molar-refractivity contribution < 1.29 is 31.1 Å². The van der Waals surface area contributed by atoms with Crippen molar-refractivity contribution in [3.63, 3.8) is 0 Å². The van der Waals surface area contributed by atoms with E-state index in [1.54, 1.807) is 24.4 Å². The van der Waals surface area contributed by atoms with E-state index in [9.17, 15) is 21.6 Å². The molecule has 4 aliphatic heterocycles. The Kier molecular flexibility index (Phi) is 11.3. The number of sulfonamides is 2. The monoisotopic (exact) mass is 843 g/mol. The number of carbonyl (C=O) groups excluding carboxylic acids is 1. The number of hydrogen-bond acceptors (Lipinski definition) is 10. The predicted molar refractivity (Wildman–Crippen MR) is 223 cm³/mol. The van der Waals surface area contributed by atoms with Crippen molar-refractivity contribution in [3.8, 4) is 5.75 Å². The first-order valence-corrected chi connectivity index (χ1v) is 24.4. The highest BCUT2D eigenvalue weighted by Crippen LogP contribution is 2.49. The molecule has 8 rings (SSSR count). The zero-order chi connectivity index (χ0) is 40.3.